The third kappa shape index (κ3) is 2.84. The van der Waals surface area contributed by atoms with Crippen molar-refractivity contribution in [3.8, 4) is 0 Å². The summed E-state index contributed by atoms with van der Waals surface area (Å²) in [4.78, 5) is 22.9. The Kier molecular flexibility index (Phi) is 3.90. The first-order valence-electron chi connectivity index (χ1n) is 7.50. The maximum atomic E-state index is 11.8. The molecule has 2 aromatic rings. The van der Waals surface area contributed by atoms with Gasteiger partial charge in [0, 0.05) is 24.5 Å². The topological polar surface area (TPSA) is 52.6 Å². The summed E-state index contributed by atoms with van der Waals surface area (Å²) in [6, 6.07) is 9.90. The average Bonchev–Trinajstić information content (AvgIpc) is 2.86. The van der Waals surface area contributed by atoms with Gasteiger partial charge in [-0.05, 0) is 28.8 Å². The summed E-state index contributed by atoms with van der Waals surface area (Å²) in [7, 11) is 0. The summed E-state index contributed by atoms with van der Waals surface area (Å²) < 4.78 is 10.7. The molecule has 0 aliphatic heterocycles. The second-order valence-corrected chi connectivity index (χ2v) is 5.81. The van der Waals surface area contributed by atoms with Gasteiger partial charge in [-0.25, -0.2) is 4.79 Å². The molecule has 4 nitrogen and oxygen atoms in total. The van der Waals surface area contributed by atoms with Crippen LogP contribution < -0.4 is 0 Å². The third-order valence-corrected chi connectivity index (χ3v) is 4.03. The van der Waals surface area contributed by atoms with Crippen molar-refractivity contribution in [2.75, 3.05) is 0 Å². The van der Waals surface area contributed by atoms with Crippen LogP contribution in [0.15, 0.2) is 42.5 Å². The van der Waals surface area contributed by atoms with E-state index < -0.39 is 0 Å². The van der Waals surface area contributed by atoms with E-state index in [0.29, 0.717) is 12.0 Å². The molecule has 0 radical (unpaired) electrons. The molecule has 0 aromatic heterocycles. The van der Waals surface area contributed by atoms with E-state index in [1.54, 1.807) is 6.92 Å². The lowest BCUT2D eigenvalue weighted by Gasteiger charge is -2.13. The molecule has 0 saturated heterocycles. The van der Waals surface area contributed by atoms with E-state index in [9.17, 15) is 9.59 Å². The van der Waals surface area contributed by atoms with Crippen LogP contribution in [0.25, 0.3) is 10.8 Å². The van der Waals surface area contributed by atoms with E-state index >= 15 is 0 Å². The van der Waals surface area contributed by atoms with E-state index in [4.69, 9.17) is 9.47 Å². The van der Waals surface area contributed by atoms with E-state index in [0.717, 1.165) is 27.5 Å². The molecule has 0 bridgehead atoms. The molecule has 118 valence electrons. The number of rotatable bonds is 4. The fraction of sp³-hybridized carbons (Fsp3) is 0.263. The number of ether oxygens (including phenoxy) is 2. The fourth-order valence-corrected chi connectivity index (χ4v) is 2.96. The molecule has 1 atom stereocenters. The van der Waals surface area contributed by atoms with Crippen LogP contribution in [-0.4, -0.2) is 11.9 Å². The molecular formula is C19H18O4. The molecular weight excluding hydrogens is 292 g/mol. The number of esters is 2. The van der Waals surface area contributed by atoms with Crippen LogP contribution in [-0.2, 0) is 32.1 Å². The van der Waals surface area contributed by atoms with Crippen LogP contribution >= 0.6 is 0 Å². The van der Waals surface area contributed by atoms with Crippen LogP contribution in [0.3, 0.4) is 0 Å². The Morgan fingerprint density at radius 2 is 2.00 bits per heavy atom. The largest absolute Gasteiger partial charge is 0.461 e. The van der Waals surface area contributed by atoms with Crippen molar-refractivity contribution in [3.05, 3.63) is 59.2 Å². The first-order chi connectivity index (χ1) is 11.0. The standard InChI is InChI=1S/C19H18O4/c1-11(2)19(21)23-17-9-13-7-8-14(10-22-12(3)20)15-5-4-6-16(17)18(13)15/h4-8,17H,1,9-10H2,2-3H3. The highest BCUT2D eigenvalue weighted by Crippen LogP contribution is 2.40. The smallest absolute Gasteiger partial charge is 0.333 e. The van der Waals surface area contributed by atoms with Crippen molar-refractivity contribution in [1.29, 1.82) is 0 Å². The minimum atomic E-state index is -0.375. The first-order valence-corrected chi connectivity index (χ1v) is 7.50. The highest BCUT2D eigenvalue weighted by atomic mass is 16.5. The molecule has 4 heteroatoms. The van der Waals surface area contributed by atoms with Crippen LogP contribution in [0.4, 0.5) is 0 Å². The second kappa shape index (κ2) is 5.88. The Labute approximate surface area is 134 Å². The summed E-state index contributed by atoms with van der Waals surface area (Å²) in [5.74, 6) is -0.679. The summed E-state index contributed by atoms with van der Waals surface area (Å²) >= 11 is 0. The average molecular weight is 310 g/mol. The zero-order valence-electron chi connectivity index (χ0n) is 13.2. The summed E-state index contributed by atoms with van der Waals surface area (Å²) in [5.41, 5.74) is 3.48. The molecule has 0 N–H and O–H groups in total. The van der Waals surface area contributed by atoms with E-state index in [1.807, 2.05) is 30.3 Å². The van der Waals surface area contributed by atoms with Gasteiger partial charge in [0.2, 0.25) is 0 Å². The zero-order valence-corrected chi connectivity index (χ0v) is 13.2. The van der Waals surface area contributed by atoms with Crippen molar-refractivity contribution in [1.82, 2.24) is 0 Å². The number of carbonyl (C=O) groups excluding carboxylic acids is 2. The maximum absolute atomic E-state index is 11.8. The lowest BCUT2D eigenvalue weighted by Crippen LogP contribution is -2.10. The van der Waals surface area contributed by atoms with Gasteiger partial charge in [-0.15, -0.1) is 0 Å². The Morgan fingerprint density at radius 3 is 2.70 bits per heavy atom. The Morgan fingerprint density at radius 1 is 1.22 bits per heavy atom. The van der Waals surface area contributed by atoms with Gasteiger partial charge in [-0.2, -0.15) is 0 Å². The quantitative estimate of drug-likeness (QED) is 0.639. The highest BCUT2D eigenvalue weighted by Gasteiger charge is 2.28. The van der Waals surface area contributed by atoms with E-state index in [1.165, 1.54) is 6.92 Å². The second-order valence-electron chi connectivity index (χ2n) is 5.81. The van der Waals surface area contributed by atoms with Gasteiger partial charge in [0.1, 0.15) is 12.7 Å². The molecule has 0 heterocycles. The van der Waals surface area contributed by atoms with Gasteiger partial charge < -0.3 is 9.47 Å². The third-order valence-electron chi connectivity index (χ3n) is 4.03. The number of hydrogen-bond donors (Lipinski definition) is 0. The summed E-state index contributed by atoms with van der Waals surface area (Å²) in [6.45, 7) is 6.91. The number of hydrogen-bond acceptors (Lipinski definition) is 4. The summed E-state index contributed by atoms with van der Waals surface area (Å²) in [5, 5.41) is 2.13. The van der Waals surface area contributed by atoms with Gasteiger partial charge in [-0.3, -0.25) is 4.79 Å². The normalized spacial score (nSPS) is 15.5. The lowest BCUT2D eigenvalue weighted by molar-refractivity contribution is -0.144. The number of benzene rings is 2. The highest BCUT2D eigenvalue weighted by molar-refractivity contribution is 5.94. The van der Waals surface area contributed by atoms with Gasteiger partial charge in [0.15, 0.2) is 0 Å². The predicted octanol–water partition coefficient (Wildman–Crippen LogP) is 3.62. The fourth-order valence-electron chi connectivity index (χ4n) is 2.96. The Balaban J connectivity index is 1.99. The van der Waals surface area contributed by atoms with Crippen LogP contribution in [0.1, 0.15) is 36.6 Å². The minimum absolute atomic E-state index is 0.242. The van der Waals surface area contributed by atoms with Gasteiger partial charge >= 0.3 is 11.9 Å². The molecule has 1 unspecified atom stereocenters. The van der Waals surface area contributed by atoms with Crippen LogP contribution in [0.2, 0.25) is 0 Å². The monoisotopic (exact) mass is 310 g/mol. The molecule has 0 fully saturated rings. The van der Waals surface area contributed by atoms with Crippen LogP contribution in [0.5, 0.6) is 0 Å². The molecule has 1 aliphatic rings. The van der Waals surface area contributed by atoms with E-state index in [-0.39, 0.29) is 24.6 Å². The summed E-state index contributed by atoms with van der Waals surface area (Å²) in [6.07, 6.45) is 0.366. The molecule has 1 aliphatic carbocycles. The maximum Gasteiger partial charge on any atom is 0.333 e. The molecule has 23 heavy (non-hydrogen) atoms. The SMILES string of the molecule is C=C(C)C(=O)OC1Cc2ccc(COC(C)=O)c3cccc1c23. The van der Waals surface area contributed by atoms with E-state index in [2.05, 4.69) is 6.58 Å². The molecule has 0 saturated carbocycles. The predicted molar refractivity (Wildman–Crippen MR) is 86.8 cm³/mol. The first kappa shape index (κ1) is 15.3. The Hall–Kier alpha value is -2.62. The van der Waals surface area contributed by atoms with Gasteiger partial charge in [0.05, 0.1) is 0 Å². The number of carbonyl (C=O) groups is 2. The molecule has 3 rings (SSSR count). The van der Waals surface area contributed by atoms with Crippen molar-refractivity contribution < 1.29 is 19.1 Å². The molecule has 0 spiro atoms. The van der Waals surface area contributed by atoms with Crippen molar-refractivity contribution in [2.45, 2.75) is 33.0 Å². The molecule has 0 amide bonds. The van der Waals surface area contributed by atoms with Gasteiger partial charge in [0.25, 0.3) is 0 Å². The van der Waals surface area contributed by atoms with Crippen molar-refractivity contribution in [3.63, 3.8) is 0 Å². The zero-order chi connectivity index (χ0) is 16.6. The van der Waals surface area contributed by atoms with Crippen molar-refractivity contribution >= 4 is 22.7 Å². The van der Waals surface area contributed by atoms with Crippen LogP contribution in [0, 0.1) is 0 Å². The minimum Gasteiger partial charge on any atom is -0.461 e. The van der Waals surface area contributed by atoms with Crippen molar-refractivity contribution in [2.24, 2.45) is 0 Å². The Bertz CT molecular complexity index is 819. The lowest BCUT2D eigenvalue weighted by atomic mass is 10.0. The molecule has 2 aromatic carbocycles. The van der Waals surface area contributed by atoms with Gasteiger partial charge in [-0.1, -0.05) is 36.9 Å².